The molecule has 0 aromatic carbocycles. The number of hydrogen-bond donors (Lipinski definition) is 2. The summed E-state index contributed by atoms with van der Waals surface area (Å²) in [6, 6.07) is 0.630. The van der Waals surface area contributed by atoms with E-state index in [9.17, 15) is 4.79 Å². The molecular formula is C15H30N2O. The minimum Gasteiger partial charge on any atom is -0.352 e. The van der Waals surface area contributed by atoms with Crippen LogP contribution in [0.1, 0.15) is 66.2 Å². The molecule has 2 N–H and O–H groups in total. The Morgan fingerprint density at radius 1 is 1.17 bits per heavy atom. The summed E-state index contributed by atoms with van der Waals surface area (Å²) in [5.41, 5.74) is 0. The molecule has 0 saturated heterocycles. The van der Waals surface area contributed by atoms with Crippen molar-refractivity contribution in [2.75, 3.05) is 0 Å². The highest BCUT2D eigenvalue weighted by atomic mass is 16.2. The van der Waals surface area contributed by atoms with Gasteiger partial charge in [-0.15, -0.1) is 0 Å². The molecule has 0 spiro atoms. The summed E-state index contributed by atoms with van der Waals surface area (Å²) >= 11 is 0. The maximum Gasteiger partial charge on any atom is 0.237 e. The Kier molecular flexibility index (Phi) is 6.69. The molecule has 0 radical (unpaired) electrons. The molecule has 0 aromatic rings. The first-order valence-electron chi connectivity index (χ1n) is 7.61. The normalized spacial score (nSPS) is 22.2. The van der Waals surface area contributed by atoms with Gasteiger partial charge in [0.1, 0.15) is 0 Å². The summed E-state index contributed by atoms with van der Waals surface area (Å²) in [4.78, 5) is 12.0. The molecule has 3 heteroatoms. The lowest BCUT2D eigenvalue weighted by molar-refractivity contribution is -0.123. The second kappa shape index (κ2) is 7.78. The van der Waals surface area contributed by atoms with E-state index >= 15 is 0 Å². The maximum absolute atomic E-state index is 12.0. The number of nitrogens with one attached hydrogen (secondary N) is 2. The average molecular weight is 254 g/mol. The minimum atomic E-state index is -0.0871. The molecule has 3 nitrogen and oxygen atoms in total. The van der Waals surface area contributed by atoms with Crippen LogP contribution in [0.25, 0.3) is 0 Å². The lowest BCUT2D eigenvalue weighted by Crippen LogP contribution is -2.49. The van der Waals surface area contributed by atoms with E-state index in [0.29, 0.717) is 6.04 Å². The summed E-state index contributed by atoms with van der Waals surface area (Å²) in [5.74, 6) is 0.879. The topological polar surface area (TPSA) is 41.1 Å². The zero-order valence-electron chi connectivity index (χ0n) is 12.5. The SMILES string of the molecule is CCC(C)NC(=O)C(C)N[C@H](C)C1CCCCC1. The maximum atomic E-state index is 12.0. The largest absolute Gasteiger partial charge is 0.352 e. The van der Waals surface area contributed by atoms with Crippen LogP contribution in [0.15, 0.2) is 0 Å². The molecule has 1 aliphatic carbocycles. The van der Waals surface area contributed by atoms with Crippen LogP contribution in [0.2, 0.25) is 0 Å². The van der Waals surface area contributed by atoms with Crippen molar-refractivity contribution in [3.8, 4) is 0 Å². The van der Waals surface area contributed by atoms with Crippen LogP contribution in [0.5, 0.6) is 0 Å². The predicted molar refractivity (Wildman–Crippen MR) is 76.5 cm³/mol. The van der Waals surface area contributed by atoms with E-state index in [1.54, 1.807) is 0 Å². The predicted octanol–water partition coefficient (Wildman–Crippen LogP) is 2.85. The number of carbonyl (C=O) groups is 1. The fourth-order valence-corrected chi connectivity index (χ4v) is 2.71. The van der Waals surface area contributed by atoms with E-state index < -0.39 is 0 Å². The van der Waals surface area contributed by atoms with Gasteiger partial charge in [-0.25, -0.2) is 0 Å². The molecule has 0 aromatic heterocycles. The molecule has 1 rings (SSSR count). The monoisotopic (exact) mass is 254 g/mol. The Hall–Kier alpha value is -0.570. The van der Waals surface area contributed by atoms with Crippen molar-refractivity contribution in [3.05, 3.63) is 0 Å². The smallest absolute Gasteiger partial charge is 0.237 e. The van der Waals surface area contributed by atoms with Gasteiger partial charge >= 0.3 is 0 Å². The third kappa shape index (κ3) is 4.97. The molecular weight excluding hydrogens is 224 g/mol. The molecule has 1 aliphatic rings. The molecule has 3 atom stereocenters. The molecule has 106 valence electrons. The van der Waals surface area contributed by atoms with Gasteiger partial charge in [-0.05, 0) is 46.0 Å². The van der Waals surface area contributed by atoms with Crippen molar-refractivity contribution >= 4 is 5.91 Å². The molecule has 0 heterocycles. The third-order valence-corrected chi connectivity index (χ3v) is 4.26. The lowest BCUT2D eigenvalue weighted by atomic mass is 9.84. The Morgan fingerprint density at radius 3 is 2.33 bits per heavy atom. The van der Waals surface area contributed by atoms with Crippen LogP contribution in [-0.2, 0) is 4.79 Å². The van der Waals surface area contributed by atoms with Crippen molar-refractivity contribution in [1.29, 1.82) is 0 Å². The van der Waals surface area contributed by atoms with Crippen LogP contribution in [0.3, 0.4) is 0 Å². The molecule has 1 saturated carbocycles. The fraction of sp³-hybridized carbons (Fsp3) is 0.933. The first kappa shape index (κ1) is 15.5. The fourth-order valence-electron chi connectivity index (χ4n) is 2.71. The van der Waals surface area contributed by atoms with Gasteiger partial charge in [0.15, 0.2) is 0 Å². The van der Waals surface area contributed by atoms with Crippen LogP contribution in [-0.4, -0.2) is 24.0 Å². The van der Waals surface area contributed by atoms with Crippen molar-refractivity contribution in [1.82, 2.24) is 10.6 Å². The molecule has 0 bridgehead atoms. The molecule has 0 aliphatic heterocycles. The second-order valence-electron chi connectivity index (χ2n) is 5.89. The number of rotatable bonds is 6. The number of carbonyl (C=O) groups excluding carboxylic acids is 1. The van der Waals surface area contributed by atoms with E-state index in [1.807, 2.05) is 6.92 Å². The summed E-state index contributed by atoms with van der Waals surface area (Å²) < 4.78 is 0. The third-order valence-electron chi connectivity index (χ3n) is 4.26. The summed E-state index contributed by atoms with van der Waals surface area (Å²) in [7, 11) is 0. The molecule has 18 heavy (non-hydrogen) atoms. The van der Waals surface area contributed by atoms with Crippen LogP contribution >= 0.6 is 0 Å². The van der Waals surface area contributed by atoms with Crippen molar-refractivity contribution in [2.45, 2.75) is 84.3 Å². The van der Waals surface area contributed by atoms with E-state index in [-0.39, 0.29) is 18.0 Å². The van der Waals surface area contributed by atoms with Gasteiger partial charge in [0.25, 0.3) is 0 Å². The number of amides is 1. The highest BCUT2D eigenvalue weighted by Crippen LogP contribution is 2.26. The summed E-state index contributed by atoms with van der Waals surface area (Å²) in [6.45, 7) is 8.34. The van der Waals surface area contributed by atoms with Gasteiger partial charge in [-0.2, -0.15) is 0 Å². The van der Waals surface area contributed by atoms with E-state index in [2.05, 4.69) is 31.4 Å². The van der Waals surface area contributed by atoms with Gasteiger partial charge in [-0.1, -0.05) is 26.2 Å². The van der Waals surface area contributed by atoms with Crippen LogP contribution in [0, 0.1) is 5.92 Å². The van der Waals surface area contributed by atoms with Crippen molar-refractivity contribution < 1.29 is 4.79 Å². The first-order chi connectivity index (χ1) is 8.54. The van der Waals surface area contributed by atoms with Gasteiger partial charge in [0.2, 0.25) is 5.91 Å². The lowest BCUT2D eigenvalue weighted by Gasteiger charge is -2.30. The van der Waals surface area contributed by atoms with Gasteiger partial charge < -0.3 is 10.6 Å². The Bertz CT molecular complexity index is 249. The van der Waals surface area contributed by atoms with Crippen molar-refractivity contribution in [3.63, 3.8) is 0 Å². The Balaban J connectivity index is 2.33. The standard InChI is InChI=1S/C15H30N2O/c1-5-11(2)16-15(18)13(4)17-12(3)14-9-7-6-8-10-14/h11-14,17H,5-10H2,1-4H3,(H,16,18)/t11?,12-,13?/m1/s1. The highest BCUT2D eigenvalue weighted by Gasteiger charge is 2.23. The van der Waals surface area contributed by atoms with E-state index in [0.717, 1.165) is 12.3 Å². The zero-order chi connectivity index (χ0) is 13.5. The van der Waals surface area contributed by atoms with Gasteiger partial charge in [0.05, 0.1) is 6.04 Å². The second-order valence-corrected chi connectivity index (χ2v) is 5.89. The van der Waals surface area contributed by atoms with Gasteiger partial charge in [0, 0.05) is 12.1 Å². The van der Waals surface area contributed by atoms with Gasteiger partial charge in [-0.3, -0.25) is 4.79 Å². The van der Waals surface area contributed by atoms with E-state index in [1.165, 1.54) is 32.1 Å². The minimum absolute atomic E-state index is 0.0871. The van der Waals surface area contributed by atoms with Crippen LogP contribution in [0.4, 0.5) is 0 Å². The van der Waals surface area contributed by atoms with E-state index in [4.69, 9.17) is 0 Å². The number of hydrogen-bond acceptors (Lipinski definition) is 2. The van der Waals surface area contributed by atoms with Crippen molar-refractivity contribution in [2.24, 2.45) is 5.92 Å². The Labute approximate surface area is 112 Å². The summed E-state index contributed by atoms with van der Waals surface area (Å²) in [6.07, 6.45) is 7.69. The average Bonchev–Trinajstić information content (AvgIpc) is 2.39. The Morgan fingerprint density at radius 2 is 1.78 bits per heavy atom. The molecule has 1 amide bonds. The first-order valence-corrected chi connectivity index (χ1v) is 7.61. The summed E-state index contributed by atoms with van der Waals surface area (Å²) in [5, 5.41) is 6.50. The van der Waals surface area contributed by atoms with Crippen LogP contribution < -0.4 is 10.6 Å². The zero-order valence-corrected chi connectivity index (χ0v) is 12.5. The quantitative estimate of drug-likeness (QED) is 0.765. The molecule has 2 unspecified atom stereocenters. The highest BCUT2D eigenvalue weighted by molar-refractivity contribution is 5.81. The molecule has 1 fully saturated rings.